The van der Waals surface area contributed by atoms with E-state index in [4.69, 9.17) is 0 Å². The zero-order valence-corrected chi connectivity index (χ0v) is 10.8. The van der Waals surface area contributed by atoms with Crippen LogP contribution in [0.1, 0.15) is 25.3 Å². The van der Waals surface area contributed by atoms with Gasteiger partial charge in [-0.05, 0) is 31.4 Å². The average molecular weight is 244 g/mol. The van der Waals surface area contributed by atoms with Gasteiger partial charge >= 0.3 is 0 Å². The van der Waals surface area contributed by atoms with Gasteiger partial charge in [-0.1, -0.05) is 18.2 Å². The maximum atomic E-state index is 9.57. The fraction of sp³-hybridized carbons (Fsp3) is 0.467. The van der Waals surface area contributed by atoms with Crippen LogP contribution in [-0.4, -0.2) is 21.8 Å². The zero-order chi connectivity index (χ0) is 12.5. The lowest BCUT2D eigenvalue weighted by molar-refractivity contribution is 0.175. The molecular formula is C15H20N2O. The van der Waals surface area contributed by atoms with Crippen molar-refractivity contribution >= 4 is 10.9 Å². The van der Waals surface area contributed by atoms with E-state index < -0.39 is 0 Å². The van der Waals surface area contributed by atoms with Gasteiger partial charge < -0.3 is 15.0 Å². The van der Waals surface area contributed by atoms with E-state index in [2.05, 4.69) is 40.3 Å². The first-order valence-electron chi connectivity index (χ1n) is 6.72. The van der Waals surface area contributed by atoms with E-state index in [-0.39, 0.29) is 6.10 Å². The summed E-state index contributed by atoms with van der Waals surface area (Å²) < 4.78 is 2.16. The second kappa shape index (κ2) is 4.75. The van der Waals surface area contributed by atoms with Crippen molar-refractivity contribution in [3.8, 4) is 0 Å². The summed E-state index contributed by atoms with van der Waals surface area (Å²) in [5.74, 6) is 0. The first kappa shape index (κ1) is 11.8. The smallest absolute Gasteiger partial charge is 0.0691 e. The van der Waals surface area contributed by atoms with Gasteiger partial charge in [0, 0.05) is 36.2 Å². The standard InChI is InChI=1S/C15H20N2O/c1-11(18)9-17-10-12(8-16-13-6-7-13)14-4-2-3-5-15(14)17/h2-5,10-11,13,16,18H,6-9H2,1H3. The molecule has 2 N–H and O–H groups in total. The summed E-state index contributed by atoms with van der Waals surface area (Å²) in [7, 11) is 0. The molecule has 1 aliphatic rings. The van der Waals surface area contributed by atoms with Crippen LogP contribution in [0.15, 0.2) is 30.5 Å². The summed E-state index contributed by atoms with van der Waals surface area (Å²) >= 11 is 0. The highest BCUT2D eigenvalue weighted by Crippen LogP contribution is 2.24. The highest BCUT2D eigenvalue weighted by Gasteiger charge is 2.20. The molecule has 1 fully saturated rings. The predicted octanol–water partition coefficient (Wildman–Crippen LogP) is 2.27. The fourth-order valence-electron chi connectivity index (χ4n) is 2.44. The maximum Gasteiger partial charge on any atom is 0.0691 e. The number of aliphatic hydroxyl groups excluding tert-OH is 1. The van der Waals surface area contributed by atoms with E-state index in [1.165, 1.54) is 29.3 Å². The number of rotatable bonds is 5. The number of nitrogens with one attached hydrogen (secondary N) is 1. The molecule has 1 unspecified atom stereocenters. The number of hydrogen-bond donors (Lipinski definition) is 2. The van der Waals surface area contributed by atoms with E-state index in [0.29, 0.717) is 6.54 Å². The molecule has 1 aliphatic carbocycles. The van der Waals surface area contributed by atoms with Crippen molar-refractivity contribution in [1.29, 1.82) is 0 Å². The molecule has 1 atom stereocenters. The maximum absolute atomic E-state index is 9.57. The van der Waals surface area contributed by atoms with Gasteiger partial charge in [-0.25, -0.2) is 0 Å². The minimum atomic E-state index is -0.315. The fourth-order valence-corrected chi connectivity index (χ4v) is 2.44. The Kier molecular flexibility index (Phi) is 3.10. The second-order valence-corrected chi connectivity index (χ2v) is 5.33. The van der Waals surface area contributed by atoms with Crippen LogP contribution in [0.2, 0.25) is 0 Å². The van der Waals surface area contributed by atoms with Crippen molar-refractivity contribution < 1.29 is 5.11 Å². The van der Waals surface area contributed by atoms with Gasteiger partial charge in [0.15, 0.2) is 0 Å². The Balaban J connectivity index is 1.91. The molecule has 1 heterocycles. The van der Waals surface area contributed by atoms with Crippen molar-refractivity contribution in [3.63, 3.8) is 0 Å². The Morgan fingerprint density at radius 1 is 1.39 bits per heavy atom. The van der Waals surface area contributed by atoms with E-state index in [9.17, 15) is 5.11 Å². The number of aliphatic hydroxyl groups is 1. The van der Waals surface area contributed by atoms with Crippen LogP contribution in [-0.2, 0) is 13.1 Å². The number of nitrogens with zero attached hydrogens (tertiary/aromatic N) is 1. The van der Waals surface area contributed by atoms with Crippen LogP contribution in [0.5, 0.6) is 0 Å². The largest absolute Gasteiger partial charge is 0.392 e. The lowest BCUT2D eigenvalue weighted by Gasteiger charge is -2.07. The molecule has 0 aliphatic heterocycles. The molecule has 3 nitrogen and oxygen atoms in total. The van der Waals surface area contributed by atoms with Crippen LogP contribution in [0, 0.1) is 0 Å². The average Bonchev–Trinajstić information content (AvgIpc) is 3.11. The van der Waals surface area contributed by atoms with Crippen molar-refractivity contribution in [3.05, 3.63) is 36.0 Å². The summed E-state index contributed by atoms with van der Waals surface area (Å²) in [6, 6.07) is 9.15. The third kappa shape index (κ3) is 2.42. The van der Waals surface area contributed by atoms with Gasteiger partial charge in [0.2, 0.25) is 0 Å². The molecule has 0 radical (unpaired) electrons. The van der Waals surface area contributed by atoms with Crippen molar-refractivity contribution in [2.75, 3.05) is 0 Å². The molecule has 1 aromatic heterocycles. The van der Waals surface area contributed by atoms with Crippen LogP contribution >= 0.6 is 0 Å². The van der Waals surface area contributed by atoms with E-state index in [1.54, 1.807) is 0 Å². The molecule has 3 rings (SSSR count). The molecule has 0 saturated heterocycles. The predicted molar refractivity (Wildman–Crippen MR) is 73.5 cm³/mol. The molecule has 1 saturated carbocycles. The minimum Gasteiger partial charge on any atom is -0.392 e. The van der Waals surface area contributed by atoms with Crippen LogP contribution in [0.25, 0.3) is 10.9 Å². The van der Waals surface area contributed by atoms with Gasteiger partial charge in [0.05, 0.1) is 6.10 Å². The summed E-state index contributed by atoms with van der Waals surface area (Å²) in [5.41, 5.74) is 2.55. The number of fused-ring (bicyclic) bond motifs is 1. The third-order valence-corrected chi connectivity index (χ3v) is 3.49. The SMILES string of the molecule is CC(O)Cn1cc(CNC2CC2)c2ccccc21. The Hall–Kier alpha value is -1.32. The summed E-state index contributed by atoms with van der Waals surface area (Å²) in [4.78, 5) is 0. The number of para-hydroxylation sites is 1. The second-order valence-electron chi connectivity index (χ2n) is 5.33. The first-order chi connectivity index (χ1) is 8.74. The molecule has 96 valence electrons. The Bertz CT molecular complexity index is 540. The number of aromatic nitrogens is 1. The monoisotopic (exact) mass is 244 g/mol. The molecule has 1 aromatic carbocycles. The first-order valence-corrected chi connectivity index (χ1v) is 6.72. The van der Waals surface area contributed by atoms with Crippen LogP contribution < -0.4 is 5.32 Å². The van der Waals surface area contributed by atoms with Crippen molar-refractivity contribution in [2.45, 2.75) is 45.0 Å². The van der Waals surface area contributed by atoms with Crippen molar-refractivity contribution in [2.24, 2.45) is 0 Å². The van der Waals surface area contributed by atoms with E-state index in [1.807, 2.05) is 6.92 Å². The number of benzene rings is 1. The lowest BCUT2D eigenvalue weighted by Crippen LogP contribution is -2.15. The topological polar surface area (TPSA) is 37.2 Å². The molecule has 0 bridgehead atoms. The van der Waals surface area contributed by atoms with Crippen LogP contribution in [0.4, 0.5) is 0 Å². The van der Waals surface area contributed by atoms with Crippen molar-refractivity contribution in [1.82, 2.24) is 9.88 Å². The minimum absolute atomic E-state index is 0.315. The lowest BCUT2D eigenvalue weighted by atomic mass is 10.2. The highest BCUT2D eigenvalue weighted by atomic mass is 16.3. The van der Waals surface area contributed by atoms with Crippen LogP contribution in [0.3, 0.4) is 0 Å². The van der Waals surface area contributed by atoms with Gasteiger partial charge in [-0.15, -0.1) is 0 Å². The number of hydrogen-bond acceptors (Lipinski definition) is 2. The van der Waals surface area contributed by atoms with Gasteiger partial charge in [0.25, 0.3) is 0 Å². The molecule has 18 heavy (non-hydrogen) atoms. The molecule has 2 aromatic rings. The van der Waals surface area contributed by atoms with E-state index >= 15 is 0 Å². The zero-order valence-electron chi connectivity index (χ0n) is 10.8. The Labute approximate surface area is 107 Å². The van der Waals surface area contributed by atoms with Gasteiger partial charge in [0.1, 0.15) is 0 Å². The summed E-state index contributed by atoms with van der Waals surface area (Å²) in [6.45, 7) is 3.42. The third-order valence-electron chi connectivity index (χ3n) is 3.49. The molecule has 0 spiro atoms. The molecule has 3 heteroatoms. The molecule has 0 amide bonds. The normalized spacial score (nSPS) is 17.2. The summed E-state index contributed by atoms with van der Waals surface area (Å²) in [5, 5.41) is 14.4. The summed E-state index contributed by atoms with van der Waals surface area (Å²) in [6.07, 6.45) is 4.48. The Morgan fingerprint density at radius 2 is 2.17 bits per heavy atom. The quantitative estimate of drug-likeness (QED) is 0.846. The van der Waals surface area contributed by atoms with Gasteiger partial charge in [-0.3, -0.25) is 0 Å². The molecular weight excluding hydrogens is 224 g/mol. The Morgan fingerprint density at radius 3 is 2.89 bits per heavy atom. The van der Waals surface area contributed by atoms with E-state index in [0.717, 1.165) is 12.6 Å². The van der Waals surface area contributed by atoms with Gasteiger partial charge in [-0.2, -0.15) is 0 Å². The highest BCUT2D eigenvalue weighted by molar-refractivity contribution is 5.83.